The molecule has 0 spiro atoms. The van der Waals surface area contributed by atoms with Crippen molar-refractivity contribution in [3.8, 4) is 16.8 Å². The average Bonchev–Trinajstić information content (AvgIpc) is 3.02. The number of hydrogen-bond acceptors (Lipinski definition) is 1. The third kappa shape index (κ3) is 1.99. The Balaban J connectivity index is 1.92. The molecular formula is C19H13FN2. The highest BCUT2D eigenvalue weighted by atomic mass is 19.1. The Morgan fingerprint density at radius 2 is 1.73 bits per heavy atom. The second kappa shape index (κ2) is 5.11. The predicted octanol–water partition coefficient (Wildman–Crippen LogP) is 4.83. The third-order valence-corrected chi connectivity index (χ3v) is 3.82. The molecule has 0 unspecified atom stereocenters. The Morgan fingerprint density at radius 3 is 2.50 bits per heavy atom. The van der Waals surface area contributed by atoms with Gasteiger partial charge in [0.1, 0.15) is 5.82 Å². The first-order chi connectivity index (χ1) is 10.8. The van der Waals surface area contributed by atoms with Gasteiger partial charge in [0.05, 0.1) is 17.4 Å². The van der Waals surface area contributed by atoms with Gasteiger partial charge in [-0.25, -0.2) is 4.39 Å². The van der Waals surface area contributed by atoms with Crippen LogP contribution in [0.1, 0.15) is 0 Å². The summed E-state index contributed by atoms with van der Waals surface area (Å²) in [6.07, 6.45) is 5.37. The molecule has 0 atom stereocenters. The molecule has 3 heteroatoms. The fourth-order valence-electron chi connectivity index (χ4n) is 2.74. The summed E-state index contributed by atoms with van der Waals surface area (Å²) in [5.74, 6) is -0.189. The lowest BCUT2D eigenvalue weighted by atomic mass is 10.0. The molecule has 0 saturated heterocycles. The van der Waals surface area contributed by atoms with E-state index in [9.17, 15) is 4.39 Å². The van der Waals surface area contributed by atoms with Crippen molar-refractivity contribution in [2.24, 2.45) is 0 Å². The Hall–Kier alpha value is -2.94. The zero-order valence-electron chi connectivity index (χ0n) is 11.8. The van der Waals surface area contributed by atoms with Crippen molar-refractivity contribution >= 4 is 10.9 Å². The SMILES string of the molecule is Fc1c(-c2ccccc2)ccc2c1ccn2-c1cccnc1. The number of hydrogen-bond donors (Lipinski definition) is 0. The molecule has 0 bridgehead atoms. The van der Waals surface area contributed by atoms with Crippen LogP contribution in [-0.2, 0) is 0 Å². The summed E-state index contributed by atoms with van der Waals surface area (Å²) in [7, 11) is 0. The highest BCUT2D eigenvalue weighted by molar-refractivity contribution is 5.87. The van der Waals surface area contributed by atoms with E-state index in [1.165, 1.54) is 0 Å². The molecule has 0 N–H and O–H groups in total. The van der Waals surface area contributed by atoms with E-state index in [0.29, 0.717) is 10.9 Å². The van der Waals surface area contributed by atoms with Gasteiger partial charge in [0, 0.05) is 23.3 Å². The Bertz CT molecular complexity index is 928. The zero-order chi connectivity index (χ0) is 14.9. The van der Waals surface area contributed by atoms with Gasteiger partial charge in [-0.3, -0.25) is 4.98 Å². The van der Waals surface area contributed by atoms with Crippen LogP contribution >= 0.6 is 0 Å². The summed E-state index contributed by atoms with van der Waals surface area (Å²) in [4.78, 5) is 4.12. The van der Waals surface area contributed by atoms with Crippen LogP contribution in [0.4, 0.5) is 4.39 Å². The van der Waals surface area contributed by atoms with E-state index < -0.39 is 0 Å². The van der Waals surface area contributed by atoms with Crippen molar-refractivity contribution in [3.63, 3.8) is 0 Å². The second-order valence-electron chi connectivity index (χ2n) is 5.12. The van der Waals surface area contributed by atoms with E-state index >= 15 is 0 Å². The smallest absolute Gasteiger partial charge is 0.140 e. The van der Waals surface area contributed by atoms with Gasteiger partial charge in [0.15, 0.2) is 0 Å². The van der Waals surface area contributed by atoms with Crippen LogP contribution in [0.5, 0.6) is 0 Å². The van der Waals surface area contributed by atoms with Gasteiger partial charge in [-0.1, -0.05) is 30.3 Å². The standard InChI is InChI=1S/C19H13FN2/c20-19-16(14-5-2-1-3-6-14)8-9-18-17(19)10-12-22(18)15-7-4-11-21-13-15/h1-13H. The first-order valence-electron chi connectivity index (χ1n) is 7.10. The lowest BCUT2D eigenvalue weighted by Crippen LogP contribution is -1.93. The summed E-state index contributed by atoms with van der Waals surface area (Å²) < 4.78 is 16.8. The highest BCUT2D eigenvalue weighted by Gasteiger charge is 2.12. The van der Waals surface area contributed by atoms with E-state index in [0.717, 1.165) is 16.8 Å². The fraction of sp³-hybridized carbons (Fsp3) is 0. The van der Waals surface area contributed by atoms with Crippen LogP contribution in [0.2, 0.25) is 0 Å². The van der Waals surface area contributed by atoms with E-state index in [-0.39, 0.29) is 5.82 Å². The fourth-order valence-corrected chi connectivity index (χ4v) is 2.74. The highest BCUT2D eigenvalue weighted by Crippen LogP contribution is 2.30. The molecule has 106 valence electrons. The van der Waals surface area contributed by atoms with Gasteiger partial charge in [-0.05, 0) is 35.9 Å². The normalized spacial score (nSPS) is 11.0. The minimum atomic E-state index is -0.189. The van der Waals surface area contributed by atoms with Gasteiger partial charge in [-0.2, -0.15) is 0 Å². The summed E-state index contributed by atoms with van der Waals surface area (Å²) in [6, 6.07) is 19.0. The molecule has 2 aromatic heterocycles. The van der Waals surface area contributed by atoms with Crippen LogP contribution in [0.3, 0.4) is 0 Å². The van der Waals surface area contributed by atoms with Gasteiger partial charge in [0.2, 0.25) is 0 Å². The van der Waals surface area contributed by atoms with Crippen LogP contribution in [0.15, 0.2) is 79.3 Å². The van der Waals surface area contributed by atoms with Crippen molar-refractivity contribution in [1.82, 2.24) is 9.55 Å². The van der Waals surface area contributed by atoms with Crippen LogP contribution in [0, 0.1) is 5.82 Å². The van der Waals surface area contributed by atoms with Crippen LogP contribution in [0.25, 0.3) is 27.7 Å². The summed E-state index contributed by atoms with van der Waals surface area (Å²) >= 11 is 0. The Morgan fingerprint density at radius 1 is 0.864 bits per heavy atom. The molecule has 2 heterocycles. The molecule has 0 saturated carbocycles. The van der Waals surface area contributed by atoms with Crippen LogP contribution < -0.4 is 0 Å². The molecular weight excluding hydrogens is 275 g/mol. The average molecular weight is 288 g/mol. The summed E-state index contributed by atoms with van der Waals surface area (Å²) in [5, 5.41) is 0.616. The predicted molar refractivity (Wildman–Crippen MR) is 86.5 cm³/mol. The van der Waals surface area contributed by atoms with E-state index in [4.69, 9.17) is 0 Å². The second-order valence-corrected chi connectivity index (χ2v) is 5.12. The van der Waals surface area contributed by atoms with Gasteiger partial charge >= 0.3 is 0 Å². The molecule has 0 aliphatic rings. The Labute approximate surface area is 127 Å². The quantitative estimate of drug-likeness (QED) is 0.516. The minimum absolute atomic E-state index is 0.189. The first kappa shape index (κ1) is 12.8. The van der Waals surface area contributed by atoms with Crippen molar-refractivity contribution < 1.29 is 4.39 Å². The molecule has 0 fully saturated rings. The van der Waals surface area contributed by atoms with Crippen molar-refractivity contribution in [2.75, 3.05) is 0 Å². The van der Waals surface area contributed by atoms with E-state index in [1.54, 1.807) is 12.4 Å². The van der Waals surface area contributed by atoms with Crippen molar-refractivity contribution in [3.05, 3.63) is 85.1 Å². The number of benzene rings is 2. The summed E-state index contributed by atoms with van der Waals surface area (Å²) in [6.45, 7) is 0. The summed E-state index contributed by atoms with van der Waals surface area (Å²) in [5.41, 5.74) is 3.27. The molecule has 2 aromatic carbocycles. The number of pyridine rings is 1. The lowest BCUT2D eigenvalue weighted by Gasteiger charge is -2.07. The molecule has 4 rings (SSSR count). The molecule has 0 radical (unpaired) electrons. The first-order valence-corrected chi connectivity index (χ1v) is 7.10. The maximum absolute atomic E-state index is 14.9. The topological polar surface area (TPSA) is 17.8 Å². The molecule has 4 aromatic rings. The van der Waals surface area contributed by atoms with Gasteiger partial charge in [-0.15, -0.1) is 0 Å². The maximum atomic E-state index is 14.9. The number of rotatable bonds is 2. The molecule has 0 aliphatic carbocycles. The van der Waals surface area contributed by atoms with Gasteiger partial charge in [0.25, 0.3) is 0 Å². The largest absolute Gasteiger partial charge is 0.315 e. The lowest BCUT2D eigenvalue weighted by molar-refractivity contribution is 0.643. The maximum Gasteiger partial charge on any atom is 0.140 e. The number of nitrogens with zero attached hydrogens (tertiary/aromatic N) is 2. The Kier molecular flexibility index (Phi) is 2.97. The van der Waals surface area contributed by atoms with Crippen LogP contribution in [-0.4, -0.2) is 9.55 Å². The zero-order valence-corrected chi connectivity index (χ0v) is 11.8. The molecule has 22 heavy (non-hydrogen) atoms. The van der Waals surface area contributed by atoms with Crippen molar-refractivity contribution in [1.29, 1.82) is 0 Å². The molecule has 2 nitrogen and oxygen atoms in total. The third-order valence-electron chi connectivity index (χ3n) is 3.82. The number of fused-ring (bicyclic) bond motifs is 1. The van der Waals surface area contributed by atoms with Gasteiger partial charge < -0.3 is 4.57 Å². The molecule has 0 amide bonds. The van der Waals surface area contributed by atoms with E-state index in [2.05, 4.69) is 4.98 Å². The molecule has 0 aliphatic heterocycles. The number of halogens is 1. The van der Waals surface area contributed by atoms with E-state index in [1.807, 2.05) is 71.4 Å². The number of aromatic nitrogens is 2. The monoisotopic (exact) mass is 288 g/mol. The minimum Gasteiger partial charge on any atom is -0.315 e. The van der Waals surface area contributed by atoms with Crippen molar-refractivity contribution in [2.45, 2.75) is 0 Å².